The van der Waals surface area contributed by atoms with Gasteiger partial charge in [-0.2, -0.15) is 18.2 Å². The number of benzene rings is 2. The van der Waals surface area contributed by atoms with Crippen LogP contribution in [0.15, 0.2) is 60.8 Å². The highest BCUT2D eigenvalue weighted by Crippen LogP contribution is 2.31. The van der Waals surface area contributed by atoms with Gasteiger partial charge in [-0.05, 0) is 48.5 Å². The van der Waals surface area contributed by atoms with Crippen molar-refractivity contribution in [3.8, 4) is 0 Å². The molecule has 0 saturated carbocycles. The molecule has 0 unspecified atom stereocenters. The molecule has 3 rings (SSSR count). The molecule has 2 N–H and O–H groups in total. The maximum absolute atomic E-state index is 12.8. The number of halogens is 3. The largest absolute Gasteiger partial charge is 0.465 e. The summed E-state index contributed by atoms with van der Waals surface area (Å²) in [4.78, 5) is 19.7. The van der Waals surface area contributed by atoms with E-state index >= 15 is 0 Å². The fraction of sp³-hybridized carbons (Fsp3) is 0.105. The van der Waals surface area contributed by atoms with Crippen molar-refractivity contribution in [2.75, 3.05) is 17.7 Å². The van der Waals surface area contributed by atoms with E-state index in [-0.39, 0.29) is 11.6 Å². The zero-order valence-corrected chi connectivity index (χ0v) is 14.6. The fourth-order valence-corrected chi connectivity index (χ4v) is 2.35. The number of esters is 1. The molecule has 28 heavy (non-hydrogen) atoms. The maximum atomic E-state index is 12.8. The van der Waals surface area contributed by atoms with Gasteiger partial charge in [0.25, 0.3) is 0 Å². The van der Waals surface area contributed by atoms with Crippen LogP contribution in [-0.4, -0.2) is 23.0 Å². The van der Waals surface area contributed by atoms with Gasteiger partial charge in [0.15, 0.2) is 0 Å². The number of ether oxygens (including phenoxy) is 1. The number of hydrogen-bond donors (Lipinski definition) is 2. The van der Waals surface area contributed by atoms with E-state index in [9.17, 15) is 18.0 Å². The van der Waals surface area contributed by atoms with Crippen LogP contribution in [0, 0.1) is 0 Å². The van der Waals surface area contributed by atoms with Crippen molar-refractivity contribution in [2.45, 2.75) is 6.18 Å². The summed E-state index contributed by atoms with van der Waals surface area (Å²) in [6, 6.07) is 12.9. The van der Waals surface area contributed by atoms with E-state index in [1.54, 1.807) is 30.3 Å². The maximum Gasteiger partial charge on any atom is 0.416 e. The number of carbonyl (C=O) groups is 1. The molecule has 1 heterocycles. The van der Waals surface area contributed by atoms with Crippen LogP contribution in [0.3, 0.4) is 0 Å². The van der Waals surface area contributed by atoms with Gasteiger partial charge in [0, 0.05) is 17.6 Å². The third kappa shape index (κ3) is 4.76. The van der Waals surface area contributed by atoms with Crippen molar-refractivity contribution in [2.24, 2.45) is 0 Å². The van der Waals surface area contributed by atoms with Crippen LogP contribution in [0.5, 0.6) is 0 Å². The average molecular weight is 388 g/mol. The number of nitrogens with zero attached hydrogens (tertiary/aromatic N) is 2. The van der Waals surface area contributed by atoms with Gasteiger partial charge in [0.2, 0.25) is 5.95 Å². The predicted molar refractivity (Wildman–Crippen MR) is 97.8 cm³/mol. The number of rotatable bonds is 5. The number of methoxy groups -OCH3 is 1. The molecule has 1 aromatic heterocycles. The lowest BCUT2D eigenvalue weighted by atomic mass is 10.2. The Balaban J connectivity index is 1.73. The second-order valence-corrected chi connectivity index (χ2v) is 5.66. The first-order chi connectivity index (χ1) is 13.3. The second kappa shape index (κ2) is 7.95. The van der Waals surface area contributed by atoms with Crippen molar-refractivity contribution in [1.29, 1.82) is 0 Å². The Hall–Kier alpha value is -3.62. The third-order valence-electron chi connectivity index (χ3n) is 3.68. The minimum absolute atomic E-state index is 0.135. The van der Waals surface area contributed by atoms with E-state index < -0.39 is 17.7 Å². The van der Waals surface area contributed by atoms with Crippen molar-refractivity contribution in [3.05, 3.63) is 71.9 Å². The smallest absolute Gasteiger partial charge is 0.416 e. The van der Waals surface area contributed by atoms with E-state index in [1.807, 2.05) is 0 Å². The second-order valence-electron chi connectivity index (χ2n) is 5.66. The van der Waals surface area contributed by atoms with Crippen LogP contribution < -0.4 is 10.6 Å². The first kappa shape index (κ1) is 19.2. The Bertz CT molecular complexity index is 975. The number of carbonyl (C=O) groups excluding carboxylic acids is 1. The molecule has 0 atom stereocenters. The molecular weight excluding hydrogens is 373 g/mol. The lowest BCUT2D eigenvalue weighted by Gasteiger charge is -2.11. The molecule has 0 radical (unpaired) electrons. The van der Waals surface area contributed by atoms with Gasteiger partial charge in [-0.3, -0.25) is 0 Å². The van der Waals surface area contributed by atoms with Gasteiger partial charge in [0.1, 0.15) is 5.82 Å². The molecule has 0 aliphatic rings. The van der Waals surface area contributed by atoms with Crippen LogP contribution in [0.4, 0.5) is 36.3 Å². The third-order valence-corrected chi connectivity index (χ3v) is 3.68. The van der Waals surface area contributed by atoms with Crippen molar-refractivity contribution in [3.63, 3.8) is 0 Å². The normalized spacial score (nSPS) is 11.0. The number of alkyl halides is 3. The van der Waals surface area contributed by atoms with Crippen LogP contribution in [0.1, 0.15) is 15.9 Å². The van der Waals surface area contributed by atoms with Crippen LogP contribution >= 0.6 is 0 Å². The van der Waals surface area contributed by atoms with Crippen LogP contribution in [0.2, 0.25) is 0 Å². The van der Waals surface area contributed by atoms with Gasteiger partial charge in [-0.1, -0.05) is 6.07 Å². The zero-order valence-electron chi connectivity index (χ0n) is 14.6. The molecule has 0 amide bonds. The number of hydrogen-bond acceptors (Lipinski definition) is 6. The summed E-state index contributed by atoms with van der Waals surface area (Å²) in [5, 5.41) is 5.78. The summed E-state index contributed by atoms with van der Waals surface area (Å²) < 4.78 is 43.1. The first-order valence-corrected chi connectivity index (χ1v) is 8.08. The lowest BCUT2D eigenvalue weighted by molar-refractivity contribution is -0.137. The van der Waals surface area contributed by atoms with E-state index in [2.05, 4.69) is 25.3 Å². The van der Waals surface area contributed by atoms with Crippen LogP contribution in [-0.2, 0) is 10.9 Å². The van der Waals surface area contributed by atoms with Crippen molar-refractivity contribution >= 4 is 29.1 Å². The van der Waals surface area contributed by atoms with Gasteiger partial charge in [-0.25, -0.2) is 9.78 Å². The number of anilines is 4. The van der Waals surface area contributed by atoms with Crippen molar-refractivity contribution < 1.29 is 22.7 Å². The van der Waals surface area contributed by atoms with Gasteiger partial charge < -0.3 is 15.4 Å². The monoisotopic (exact) mass is 388 g/mol. The predicted octanol–water partition coefficient (Wildman–Crippen LogP) is 4.77. The first-order valence-electron chi connectivity index (χ1n) is 8.08. The molecule has 6 nitrogen and oxygen atoms in total. The van der Waals surface area contributed by atoms with E-state index in [0.29, 0.717) is 17.1 Å². The Morgan fingerprint density at radius 1 is 1.00 bits per heavy atom. The SMILES string of the molecule is COC(=O)c1ccc(Nc2ccnc(Nc3cccc(C(F)(F)F)c3)n2)cc1. The summed E-state index contributed by atoms with van der Waals surface area (Å²) in [5.74, 6) is 0.118. The highest BCUT2D eigenvalue weighted by Gasteiger charge is 2.30. The van der Waals surface area contributed by atoms with E-state index in [0.717, 1.165) is 12.1 Å². The molecule has 0 bridgehead atoms. The summed E-state index contributed by atoms with van der Waals surface area (Å²) >= 11 is 0. The molecule has 9 heteroatoms. The van der Waals surface area contributed by atoms with Crippen LogP contribution in [0.25, 0.3) is 0 Å². The summed E-state index contributed by atoms with van der Waals surface area (Å²) in [7, 11) is 1.30. The summed E-state index contributed by atoms with van der Waals surface area (Å²) in [5.41, 5.74) is 0.519. The Labute approximate surface area is 158 Å². The molecule has 0 fully saturated rings. The molecule has 2 aromatic carbocycles. The lowest BCUT2D eigenvalue weighted by Crippen LogP contribution is -2.06. The Morgan fingerprint density at radius 2 is 1.75 bits per heavy atom. The standard InChI is InChI=1S/C19H15F3N4O2/c1-28-17(27)12-5-7-14(8-6-12)24-16-9-10-23-18(26-16)25-15-4-2-3-13(11-15)19(20,21)22/h2-11H,1H3,(H2,23,24,25,26). The van der Waals surface area contributed by atoms with Gasteiger partial charge >= 0.3 is 12.1 Å². The quantitative estimate of drug-likeness (QED) is 0.614. The zero-order chi connectivity index (χ0) is 20.1. The minimum atomic E-state index is -4.43. The Morgan fingerprint density at radius 3 is 2.43 bits per heavy atom. The summed E-state index contributed by atoms with van der Waals surface area (Å²) in [6.45, 7) is 0. The highest BCUT2D eigenvalue weighted by atomic mass is 19.4. The molecule has 144 valence electrons. The van der Waals surface area contributed by atoms with Gasteiger partial charge in [-0.15, -0.1) is 0 Å². The molecule has 0 spiro atoms. The molecule has 0 saturated heterocycles. The average Bonchev–Trinajstić information content (AvgIpc) is 2.68. The van der Waals surface area contributed by atoms with Gasteiger partial charge in [0.05, 0.1) is 18.2 Å². The van der Waals surface area contributed by atoms with E-state index in [1.165, 1.54) is 25.4 Å². The van der Waals surface area contributed by atoms with E-state index in [4.69, 9.17) is 0 Å². The van der Waals surface area contributed by atoms with Crippen molar-refractivity contribution in [1.82, 2.24) is 9.97 Å². The topological polar surface area (TPSA) is 76.1 Å². The minimum Gasteiger partial charge on any atom is -0.465 e. The molecule has 0 aliphatic carbocycles. The molecule has 3 aromatic rings. The summed E-state index contributed by atoms with van der Waals surface area (Å²) in [6.07, 6.45) is -2.97. The molecular formula is C19H15F3N4O2. The molecule has 0 aliphatic heterocycles. The highest BCUT2D eigenvalue weighted by molar-refractivity contribution is 5.89. The number of nitrogens with one attached hydrogen (secondary N) is 2. The Kier molecular flexibility index (Phi) is 5.44. The fourth-order valence-electron chi connectivity index (χ4n) is 2.35. The number of aromatic nitrogens is 2.